The SMILES string of the molecule is CCOc1ccc([C@H]2CC(=O)Nc3cc(OC)c(OC)cc32)cc1Cl. The highest BCUT2D eigenvalue weighted by Gasteiger charge is 2.29. The number of ether oxygens (including phenoxy) is 3. The van der Waals surface area contributed by atoms with Gasteiger partial charge >= 0.3 is 0 Å². The zero-order valence-electron chi connectivity index (χ0n) is 14.4. The summed E-state index contributed by atoms with van der Waals surface area (Å²) in [5, 5.41) is 3.43. The van der Waals surface area contributed by atoms with Crippen molar-refractivity contribution >= 4 is 23.2 Å². The Kier molecular flexibility index (Phi) is 5.04. The summed E-state index contributed by atoms with van der Waals surface area (Å²) in [7, 11) is 3.16. The van der Waals surface area contributed by atoms with E-state index in [1.54, 1.807) is 20.3 Å². The minimum atomic E-state index is -0.114. The van der Waals surface area contributed by atoms with Gasteiger partial charge in [-0.05, 0) is 36.2 Å². The highest BCUT2D eigenvalue weighted by Crippen LogP contribution is 2.44. The van der Waals surface area contributed by atoms with Gasteiger partial charge in [-0.2, -0.15) is 0 Å². The summed E-state index contributed by atoms with van der Waals surface area (Å²) in [6.07, 6.45) is 0.340. The molecule has 5 nitrogen and oxygen atoms in total. The first-order valence-corrected chi connectivity index (χ1v) is 8.43. The van der Waals surface area contributed by atoms with Crippen molar-refractivity contribution in [3.05, 3.63) is 46.5 Å². The summed E-state index contributed by atoms with van der Waals surface area (Å²) in [5.74, 6) is 1.68. The second-order valence-electron chi connectivity index (χ2n) is 5.72. The molecule has 0 aliphatic carbocycles. The molecule has 25 heavy (non-hydrogen) atoms. The number of fused-ring (bicyclic) bond motifs is 1. The number of carbonyl (C=O) groups excluding carboxylic acids is 1. The molecule has 0 saturated carbocycles. The number of methoxy groups -OCH3 is 2. The van der Waals surface area contributed by atoms with Gasteiger partial charge in [0, 0.05) is 24.1 Å². The van der Waals surface area contributed by atoms with Crippen LogP contribution in [0.3, 0.4) is 0 Å². The Morgan fingerprint density at radius 2 is 1.84 bits per heavy atom. The Morgan fingerprint density at radius 1 is 1.12 bits per heavy atom. The summed E-state index contributed by atoms with van der Waals surface area (Å²) < 4.78 is 16.2. The van der Waals surface area contributed by atoms with E-state index in [2.05, 4.69) is 5.32 Å². The standard InChI is InChI=1S/C19H20ClNO4/c1-4-25-16-6-5-11(7-14(16)20)12-9-19(22)21-15-10-18(24-3)17(23-2)8-13(12)15/h5-8,10,12H,4,9H2,1-3H3,(H,21,22)/t12-/m1/s1. The first-order chi connectivity index (χ1) is 12.1. The lowest BCUT2D eigenvalue weighted by atomic mass is 9.84. The molecule has 0 bridgehead atoms. The summed E-state index contributed by atoms with van der Waals surface area (Å²) >= 11 is 6.33. The lowest BCUT2D eigenvalue weighted by Gasteiger charge is -2.27. The predicted octanol–water partition coefficient (Wildman–Crippen LogP) is 4.23. The lowest BCUT2D eigenvalue weighted by Crippen LogP contribution is -2.23. The summed E-state index contributed by atoms with van der Waals surface area (Å²) in [5.41, 5.74) is 2.65. The molecule has 3 rings (SSSR count). The molecular formula is C19H20ClNO4. The molecule has 2 aromatic carbocycles. The number of nitrogens with one attached hydrogen (secondary N) is 1. The van der Waals surface area contributed by atoms with Gasteiger partial charge in [0.2, 0.25) is 5.91 Å². The minimum Gasteiger partial charge on any atom is -0.493 e. The molecule has 1 atom stereocenters. The molecule has 0 unspecified atom stereocenters. The molecule has 1 heterocycles. The van der Waals surface area contributed by atoms with Gasteiger partial charge in [0.25, 0.3) is 0 Å². The maximum atomic E-state index is 12.2. The topological polar surface area (TPSA) is 56.8 Å². The lowest BCUT2D eigenvalue weighted by molar-refractivity contribution is -0.116. The average molecular weight is 362 g/mol. The maximum absolute atomic E-state index is 12.2. The highest BCUT2D eigenvalue weighted by atomic mass is 35.5. The van der Waals surface area contributed by atoms with Crippen LogP contribution in [0.25, 0.3) is 0 Å². The average Bonchev–Trinajstić information content (AvgIpc) is 2.61. The van der Waals surface area contributed by atoms with Crippen molar-refractivity contribution in [2.24, 2.45) is 0 Å². The van der Waals surface area contributed by atoms with E-state index in [1.807, 2.05) is 31.2 Å². The largest absolute Gasteiger partial charge is 0.493 e. The molecule has 0 saturated heterocycles. The van der Waals surface area contributed by atoms with Gasteiger partial charge in [0.15, 0.2) is 11.5 Å². The molecular weight excluding hydrogens is 342 g/mol. The third-order valence-electron chi connectivity index (χ3n) is 4.25. The van der Waals surface area contributed by atoms with Crippen LogP contribution in [0.1, 0.15) is 30.4 Å². The molecule has 0 aromatic heterocycles. The second-order valence-corrected chi connectivity index (χ2v) is 6.13. The van der Waals surface area contributed by atoms with Crippen LogP contribution >= 0.6 is 11.6 Å². The molecule has 1 aliphatic rings. The van der Waals surface area contributed by atoms with Crippen molar-refractivity contribution in [1.29, 1.82) is 0 Å². The van der Waals surface area contributed by atoms with E-state index in [1.165, 1.54) is 0 Å². The van der Waals surface area contributed by atoms with Crippen LogP contribution in [0.2, 0.25) is 5.02 Å². The van der Waals surface area contributed by atoms with Crippen LogP contribution in [0.4, 0.5) is 5.69 Å². The Bertz CT molecular complexity index is 806. The van der Waals surface area contributed by atoms with Crippen molar-refractivity contribution in [3.8, 4) is 17.2 Å². The Hall–Kier alpha value is -2.40. The van der Waals surface area contributed by atoms with Crippen molar-refractivity contribution in [3.63, 3.8) is 0 Å². The van der Waals surface area contributed by atoms with E-state index in [0.29, 0.717) is 35.3 Å². The van der Waals surface area contributed by atoms with E-state index in [4.69, 9.17) is 25.8 Å². The van der Waals surface area contributed by atoms with Crippen molar-refractivity contribution < 1.29 is 19.0 Å². The van der Waals surface area contributed by atoms with E-state index in [-0.39, 0.29) is 11.8 Å². The van der Waals surface area contributed by atoms with Crippen LogP contribution in [-0.2, 0) is 4.79 Å². The van der Waals surface area contributed by atoms with Crippen LogP contribution in [0.15, 0.2) is 30.3 Å². The first kappa shape index (κ1) is 17.4. The third kappa shape index (κ3) is 3.37. The molecule has 0 radical (unpaired) electrons. The normalized spacial score (nSPS) is 16.0. The molecule has 0 fully saturated rings. The molecule has 1 amide bonds. The van der Waals surface area contributed by atoms with Crippen molar-refractivity contribution in [1.82, 2.24) is 0 Å². The fourth-order valence-corrected chi connectivity index (χ4v) is 3.34. The number of rotatable bonds is 5. The van der Waals surface area contributed by atoms with Crippen LogP contribution in [-0.4, -0.2) is 26.7 Å². The van der Waals surface area contributed by atoms with E-state index in [9.17, 15) is 4.79 Å². The van der Waals surface area contributed by atoms with E-state index < -0.39 is 0 Å². The van der Waals surface area contributed by atoms with Crippen LogP contribution in [0.5, 0.6) is 17.2 Å². The van der Waals surface area contributed by atoms with E-state index in [0.717, 1.165) is 16.8 Å². The van der Waals surface area contributed by atoms with Crippen molar-refractivity contribution in [2.75, 3.05) is 26.1 Å². The van der Waals surface area contributed by atoms with Gasteiger partial charge in [0.05, 0.1) is 25.8 Å². The van der Waals surface area contributed by atoms with Gasteiger partial charge in [-0.1, -0.05) is 17.7 Å². The predicted molar refractivity (Wildman–Crippen MR) is 97.3 cm³/mol. The Morgan fingerprint density at radius 3 is 2.48 bits per heavy atom. The van der Waals surface area contributed by atoms with Crippen molar-refractivity contribution in [2.45, 2.75) is 19.3 Å². The number of hydrogen-bond acceptors (Lipinski definition) is 4. The number of benzene rings is 2. The summed E-state index contributed by atoms with van der Waals surface area (Å²) in [6.45, 7) is 2.45. The first-order valence-electron chi connectivity index (χ1n) is 8.05. The molecule has 1 N–H and O–H groups in total. The number of anilines is 1. The number of amides is 1. The number of hydrogen-bond donors (Lipinski definition) is 1. The number of carbonyl (C=O) groups is 1. The Balaban J connectivity index is 2.07. The fraction of sp³-hybridized carbons (Fsp3) is 0.316. The molecule has 6 heteroatoms. The number of halogens is 1. The van der Waals surface area contributed by atoms with Gasteiger partial charge in [-0.25, -0.2) is 0 Å². The molecule has 1 aliphatic heterocycles. The van der Waals surface area contributed by atoms with Gasteiger partial charge < -0.3 is 19.5 Å². The highest BCUT2D eigenvalue weighted by molar-refractivity contribution is 6.32. The summed E-state index contributed by atoms with van der Waals surface area (Å²) in [6, 6.07) is 9.34. The Labute approximate surface area is 151 Å². The maximum Gasteiger partial charge on any atom is 0.225 e. The fourth-order valence-electron chi connectivity index (χ4n) is 3.09. The minimum absolute atomic E-state index is 0.0465. The monoisotopic (exact) mass is 361 g/mol. The zero-order chi connectivity index (χ0) is 18.0. The van der Waals surface area contributed by atoms with Crippen LogP contribution in [0, 0.1) is 0 Å². The quantitative estimate of drug-likeness (QED) is 0.865. The summed E-state index contributed by atoms with van der Waals surface area (Å²) in [4.78, 5) is 12.2. The smallest absolute Gasteiger partial charge is 0.225 e. The third-order valence-corrected chi connectivity index (χ3v) is 4.55. The van der Waals surface area contributed by atoms with Crippen LogP contribution < -0.4 is 19.5 Å². The van der Waals surface area contributed by atoms with E-state index >= 15 is 0 Å². The van der Waals surface area contributed by atoms with Gasteiger partial charge in [-0.15, -0.1) is 0 Å². The van der Waals surface area contributed by atoms with Gasteiger partial charge in [-0.3, -0.25) is 4.79 Å². The molecule has 0 spiro atoms. The molecule has 2 aromatic rings. The molecule has 132 valence electrons. The van der Waals surface area contributed by atoms with Gasteiger partial charge in [0.1, 0.15) is 5.75 Å². The second kappa shape index (κ2) is 7.23. The zero-order valence-corrected chi connectivity index (χ0v) is 15.1.